The average molecular weight is 374 g/mol. The van der Waals surface area contributed by atoms with E-state index in [2.05, 4.69) is 5.10 Å². The molecule has 2 aromatic heterocycles. The van der Waals surface area contributed by atoms with E-state index in [-0.39, 0.29) is 5.84 Å². The Bertz CT molecular complexity index is 922. The van der Waals surface area contributed by atoms with E-state index in [1.165, 1.54) is 6.26 Å². The molecule has 0 aliphatic carbocycles. The minimum atomic E-state index is -0.696. The summed E-state index contributed by atoms with van der Waals surface area (Å²) in [5, 5.41) is 19.8. The van der Waals surface area contributed by atoms with Crippen LogP contribution in [0.15, 0.2) is 75.0 Å². The van der Waals surface area contributed by atoms with E-state index in [9.17, 15) is 10.1 Å². The fourth-order valence-corrected chi connectivity index (χ4v) is 3.04. The SMILES string of the molecule is O=[N+]([O-])C1=NN(c2ccc(Cl)cc2)[C@H](c2ccco2)[NH2+][C@H]1c1ccco1. The molecule has 0 unspecified atom stereocenters. The zero-order valence-electron chi connectivity index (χ0n) is 13.4. The van der Waals surface area contributed by atoms with Gasteiger partial charge in [0.25, 0.3) is 12.2 Å². The minimum Gasteiger partial charge on any atom is -0.462 e. The highest BCUT2D eigenvalue weighted by Crippen LogP contribution is 2.29. The van der Waals surface area contributed by atoms with E-state index in [0.717, 1.165) is 0 Å². The number of rotatable bonds is 3. The number of nitro groups is 1. The summed E-state index contributed by atoms with van der Waals surface area (Å²) in [6.07, 6.45) is 2.59. The van der Waals surface area contributed by atoms with Gasteiger partial charge in [0.2, 0.25) is 0 Å². The van der Waals surface area contributed by atoms with Gasteiger partial charge in [-0.3, -0.25) is 5.32 Å². The number of hydrazone groups is 1. The second-order valence-electron chi connectivity index (χ2n) is 5.68. The highest BCUT2D eigenvalue weighted by Gasteiger charge is 2.47. The van der Waals surface area contributed by atoms with Gasteiger partial charge in [-0.2, -0.15) is 0 Å². The average Bonchev–Trinajstić information content (AvgIpc) is 3.35. The zero-order valence-corrected chi connectivity index (χ0v) is 14.1. The molecule has 8 nitrogen and oxygen atoms in total. The third-order valence-corrected chi connectivity index (χ3v) is 4.34. The molecule has 1 aliphatic heterocycles. The van der Waals surface area contributed by atoms with Gasteiger partial charge in [-0.05, 0) is 53.5 Å². The van der Waals surface area contributed by atoms with Crippen molar-refractivity contribution in [3.8, 4) is 0 Å². The van der Waals surface area contributed by atoms with Crippen LogP contribution in [0.25, 0.3) is 0 Å². The van der Waals surface area contributed by atoms with Gasteiger partial charge in [0.05, 0.1) is 23.3 Å². The Morgan fingerprint density at radius 2 is 1.73 bits per heavy atom. The van der Waals surface area contributed by atoms with E-state index < -0.39 is 17.1 Å². The van der Waals surface area contributed by atoms with Crippen LogP contribution in [0.1, 0.15) is 23.7 Å². The van der Waals surface area contributed by atoms with Crippen LogP contribution in [-0.2, 0) is 0 Å². The van der Waals surface area contributed by atoms with E-state index in [0.29, 0.717) is 22.2 Å². The van der Waals surface area contributed by atoms with Crippen molar-refractivity contribution in [2.45, 2.75) is 12.2 Å². The van der Waals surface area contributed by atoms with Crippen LogP contribution in [0.3, 0.4) is 0 Å². The quantitative estimate of drug-likeness (QED) is 0.561. The molecule has 0 bridgehead atoms. The van der Waals surface area contributed by atoms with Crippen LogP contribution >= 0.6 is 11.6 Å². The molecule has 0 fully saturated rings. The number of nitrogens with two attached hydrogens (primary N) is 1. The fraction of sp³-hybridized carbons (Fsp3) is 0.118. The molecule has 0 amide bonds. The standard InChI is InChI=1S/C17H13ClN4O4/c18-11-5-7-12(8-6-11)21-16(14-4-2-10-26-14)19-15(13-3-1-9-25-13)17(20-21)22(23)24/h1-10,15-16,19H/p+1/t15-,16+/m0/s1. The Balaban J connectivity index is 1.83. The van der Waals surface area contributed by atoms with Crippen LogP contribution in [0.4, 0.5) is 5.69 Å². The molecule has 3 heterocycles. The maximum Gasteiger partial charge on any atom is 0.430 e. The lowest BCUT2D eigenvalue weighted by Crippen LogP contribution is -2.92. The Morgan fingerprint density at radius 3 is 2.31 bits per heavy atom. The van der Waals surface area contributed by atoms with Crippen LogP contribution in [-0.4, -0.2) is 10.8 Å². The third kappa shape index (κ3) is 2.96. The summed E-state index contributed by atoms with van der Waals surface area (Å²) in [4.78, 5) is 11.1. The summed E-state index contributed by atoms with van der Waals surface area (Å²) in [7, 11) is 0. The van der Waals surface area contributed by atoms with E-state index in [4.69, 9.17) is 20.4 Å². The van der Waals surface area contributed by atoms with Crippen molar-refractivity contribution >= 4 is 23.1 Å². The van der Waals surface area contributed by atoms with Crippen molar-refractivity contribution in [1.29, 1.82) is 0 Å². The molecule has 0 radical (unpaired) electrons. The summed E-state index contributed by atoms with van der Waals surface area (Å²) < 4.78 is 10.9. The molecule has 1 aromatic carbocycles. The van der Waals surface area contributed by atoms with E-state index in [1.54, 1.807) is 65.1 Å². The molecular weight excluding hydrogens is 360 g/mol. The van der Waals surface area contributed by atoms with Crippen LogP contribution in [0.5, 0.6) is 0 Å². The predicted molar refractivity (Wildman–Crippen MR) is 93.2 cm³/mol. The second-order valence-corrected chi connectivity index (χ2v) is 6.12. The van der Waals surface area contributed by atoms with E-state index in [1.807, 2.05) is 0 Å². The number of quaternary nitrogens is 1. The molecule has 0 saturated heterocycles. The Labute approximate surface area is 152 Å². The fourth-order valence-electron chi connectivity index (χ4n) is 2.91. The van der Waals surface area contributed by atoms with Crippen molar-refractivity contribution in [3.63, 3.8) is 0 Å². The lowest BCUT2D eigenvalue weighted by Gasteiger charge is -2.27. The van der Waals surface area contributed by atoms with Crippen LogP contribution in [0.2, 0.25) is 5.02 Å². The van der Waals surface area contributed by atoms with Crippen molar-refractivity contribution in [2.75, 3.05) is 5.01 Å². The van der Waals surface area contributed by atoms with Gasteiger partial charge in [0.15, 0.2) is 11.5 Å². The number of amidine groups is 1. The molecule has 3 aromatic rings. The third-order valence-electron chi connectivity index (χ3n) is 4.09. The predicted octanol–water partition coefficient (Wildman–Crippen LogP) is 2.94. The molecular formula is C17H14ClN4O4+. The first-order valence-corrected chi connectivity index (χ1v) is 8.21. The summed E-state index contributed by atoms with van der Waals surface area (Å²) in [6.45, 7) is 0. The molecule has 9 heteroatoms. The number of nitrogens with zero attached hydrogens (tertiary/aromatic N) is 3. The molecule has 132 valence electrons. The number of halogens is 1. The molecule has 1 aliphatic rings. The molecule has 2 N–H and O–H groups in total. The van der Waals surface area contributed by atoms with Gasteiger partial charge in [0.1, 0.15) is 0 Å². The molecule has 0 spiro atoms. The first-order chi connectivity index (χ1) is 12.6. The first kappa shape index (κ1) is 16.4. The smallest absolute Gasteiger partial charge is 0.430 e. The van der Waals surface area contributed by atoms with E-state index >= 15 is 0 Å². The topological polar surface area (TPSA) is 102 Å². The highest BCUT2D eigenvalue weighted by atomic mass is 35.5. The Kier molecular flexibility index (Phi) is 4.19. The number of furan rings is 2. The van der Waals surface area contributed by atoms with Gasteiger partial charge < -0.3 is 18.9 Å². The molecule has 0 saturated carbocycles. The Morgan fingerprint density at radius 1 is 1.08 bits per heavy atom. The van der Waals surface area contributed by atoms with Crippen molar-refractivity contribution in [3.05, 3.63) is 87.7 Å². The molecule has 4 rings (SSSR count). The molecule has 2 atom stereocenters. The number of benzene rings is 1. The molecule has 26 heavy (non-hydrogen) atoms. The highest BCUT2D eigenvalue weighted by molar-refractivity contribution is 6.30. The van der Waals surface area contributed by atoms with Crippen molar-refractivity contribution in [1.82, 2.24) is 0 Å². The lowest BCUT2D eigenvalue weighted by molar-refractivity contribution is -0.732. The lowest BCUT2D eigenvalue weighted by atomic mass is 10.1. The van der Waals surface area contributed by atoms with Crippen LogP contribution in [0, 0.1) is 10.1 Å². The van der Waals surface area contributed by atoms with Crippen molar-refractivity contribution in [2.24, 2.45) is 5.10 Å². The van der Waals surface area contributed by atoms with Gasteiger partial charge in [-0.15, -0.1) is 5.01 Å². The van der Waals surface area contributed by atoms with Crippen LogP contribution < -0.4 is 10.3 Å². The number of hydrogen-bond donors (Lipinski definition) is 1. The second kappa shape index (κ2) is 6.66. The summed E-state index contributed by atoms with van der Waals surface area (Å²) >= 11 is 5.96. The maximum atomic E-state index is 11.6. The monoisotopic (exact) mass is 373 g/mol. The summed E-state index contributed by atoms with van der Waals surface area (Å²) in [5.74, 6) is 0.841. The van der Waals surface area contributed by atoms with Gasteiger partial charge >= 0.3 is 5.84 Å². The minimum absolute atomic E-state index is 0.224. The van der Waals surface area contributed by atoms with Crippen molar-refractivity contribution < 1.29 is 19.1 Å². The zero-order chi connectivity index (χ0) is 18.1. The number of anilines is 1. The Hall–Kier alpha value is -3.10. The maximum absolute atomic E-state index is 11.6. The number of hydrogen-bond acceptors (Lipinski definition) is 6. The summed E-state index contributed by atoms with van der Waals surface area (Å²) in [6, 6.07) is 13.2. The normalized spacial score (nSPS) is 20.0. The van der Waals surface area contributed by atoms with Gasteiger partial charge in [-0.25, -0.2) is 0 Å². The van der Waals surface area contributed by atoms with Gasteiger partial charge in [0, 0.05) is 5.02 Å². The summed E-state index contributed by atoms with van der Waals surface area (Å²) in [5.41, 5.74) is 0.657. The largest absolute Gasteiger partial charge is 0.462 e. The van der Waals surface area contributed by atoms with Gasteiger partial charge in [-0.1, -0.05) is 11.6 Å². The first-order valence-electron chi connectivity index (χ1n) is 7.83.